The molecule has 0 aromatic heterocycles. The summed E-state index contributed by atoms with van der Waals surface area (Å²) in [5.74, 6) is 0.510. The molecular formula is C16H23NO2S. The Morgan fingerprint density at radius 3 is 2.70 bits per heavy atom. The molecule has 1 amide bonds. The molecule has 1 aliphatic carbocycles. The van der Waals surface area contributed by atoms with Crippen LogP contribution in [-0.4, -0.2) is 21.9 Å². The monoisotopic (exact) mass is 293 g/mol. The highest BCUT2D eigenvalue weighted by Gasteiger charge is 2.18. The van der Waals surface area contributed by atoms with E-state index in [0.29, 0.717) is 11.8 Å². The van der Waals surface area contributed by atoms with E-state index in [-0.39, 0.29) is 11.7 Å². The van der Waals surface area contributed by atoms with Gasteiger partial charge in [-0.2, -0.15) is 0 Å². The Hall–Kier alpha value is -1.16. The van der Waals surface area contributed by atoms with Crippen molar-refractivity contribution in [3.8, 4) is 0 Å². The molecule has 0 bridgehead atoms. The summed E-state index contributed by atoms with van der Waals surface area (Å²) in [4.78, 5) is 11.8. The number of hydrogen-bond donors (Lipinski definition) is 1. The maximum atomic E-state index is 12.1. The summed E-state index contributed by atoms with van der Waals surface area (Å²) in [5, 5.41) is 2.99. The molecule has 110 valence electrons. The van der Waals surface area contributed by atoms with Crippen LogP contribution in [0, 0.1) is 13.8 Å². The van der Waals surface area contributed by atoms with E-state index in [1.807, 2.05) is 19.9 Å². The van der Waals surface area contributed by atoms with Crippen molar-refractivity contribution in [2.75, 3.05) is 5.75 Å². The van der Waals surface area contributed by atoms with Gasteiger partial charge in [-0.25, -0.2) is 0 Å². The third-order valence-corrected chi connectivity index (χ3v) is 5.05. The Morgan fingerprint density at radius 2 is 2.00 bits per heavy atom. The van der Waals surface area contributed by atoms with E-state index >= 15 is 0 Å². The van der Waals surface area contributed by atoms with E-state index < -0.39 is 10.8 Å². The van der Waals surface area contributed by atoms with Gasteiger partial charge < -0.3 is 5.32 Å². The van der Waals surface area contributed by atoms with Crippen LogP contribution in [0.4, 0.5) is 0 Å². The number of rotatable bonds is 5. The Kier molecular flexibility index (Phi) is 5.35. The average Bonchev–Trinajstić information content (AvgIpc) is 2.86. The lowest BCUT2D eigenvalue weighted by Gasteiger charge is -2.12. The Balaban J connectivity index is 1.85. The third-order valence-electron chi connectivity index (χ3n) is 3.83. The van der Waals surface area contributed by atoms with Crippen molar-refractivity contribution in [1.82, 2.24) is 5.32 Å². The second kappa shape index (κ2) is 7.02. The van der Waals surface area contributed by atoms with E-state index in [1.54, 1.807) is 0 Å². The zero-order valence-electron chi connectivity index (χ0n) is 12.3. The summed E-state index contributed by atoms with van der Waals surface area (Å²) in [6, 6.07) is 6.46. The van der Waals surface area contributed by atoms with E-state index in [0.717, 1.165) is 29.5 Å². The van der Waals surface area contributed by atoms with E-state index in [1.165, 1.54) is 12.8 Å². The first kappa shape index (κ1) is 15.2. The molecule has 0 aliphatic heterocycles. The molecule has 3 nitrogen and oxygen atoms in total. The molecular weight excluding hydrogens is 270 g/mol. The normalized spacial score (nSPS) is 17.1. The van der Waals surface area contributed by atoms with Gasteiger partial charge in [0, 0.05) is 22.6 Å². The van der Waals surface area contributed by atoms with Crippen LogP contribution in [0.15, 0.2) is 18.2 Å². The van der Waals surface area contributed by atoms with Crippen LogP contribution < -0.4 is 5.32 Å². The first-order valence-electron chi connectivity index (χ1n) is 7.25. The molecule has 1 atom stereocenters. The van der Waals surface area contributed by atoms with Gasteiger partial charge in [0.1, 0.15) is 5.75 Å². The fourth-order valence-corrected chi connectivity index (χ4v) is 3.80. The highest BCUT2D eigenvalue weighted by Crippen LogP contribution is 2.17. The Bertz CT molecular complexity index is 507. The van der Waals surface area contributed by atoms with Gasteiger partial charge in [-0.05, 0) is 37.8 Å². The molecule has 4 heteroatoms. The summed E-state index contributed by atoms with van der Waals surface area (Å²) in [6.07, 6.45) is 4.51. The maximum absolute atomic E-state index is 12.1. The van der Waals surface area contributed by atoms with E-state index in [2.05, 4.69) is 17.4 Å². The van der Waals surface area contributed by atoms with Gasteiger partial charge >= 0.3 is 0 Å². The summed E-state index contributed by atoms with van der Waals surface area (Å²) >= 11 is 0. The molecule has 0 saturated heterocycles. The largest absolute Gasteiger partial charge is 0.353 e. The van der Waals surface area contributed by atoms with Crippen molar-refractivity contribution >= 4 is 16.7 Å². The lowest BCUT2D eigenvalue weighted by atomic mass is 10.1. The minimum atomic E-state index is -1.13. The van der Waals surface area contributed by atoms with E-state index in [4.69, 9.17) is 0 Å². The topological polar surface area (TPSA) is 46.2 Å². The standard InChI is InChI=1S/C16H23NO2S/c1-12-7-8-13(2)14(9-12)10-20(19)11-16(18)17-15-5-3-4-6-15/h7-9,15H,3-6,10-11H2,1-2H3,(H,17,18). The molecule has 1 unspecified atom stereocenters. The number of amides is 1. The quantitative estimate of drug-likeness (QED) is 0.907. The molecule has 0 spiro atoms. The number of benzene rings is 1. The predicted octanol–water partition coefficient (Wildman–Crippen LogP) is 2.61. The lowest BCUT2D eigenvalue weighted by molar-refractivity contribution is -0.119. The molecule has 1 aromatic carbocycles. The van der Waals surface area contributed by atoms with Gasteiger partial charge in [0.2, 0.25) is 5.91 Å². The Morgan fingerprint density at radius 1 is 1.30 bits per heavy atom. The molecule has 1 N–H and O–H groups in total. The van der Waals surface area contributed by atoms with Crippen LogP contribution in [0.2, 0.25) is 0 Å². The van der Waals surface area contributed by atoms with Gasteiger partial charge in [-0.3, -0.25) is 9.00 Å². The first-order chi connectivity index (χ1) is 9.54. The highest BCUT2D eigenvalue weighted by molar-refractivity contribution is 7.84. The molecule has 0 heterocycles. The molecule has 1 aliphatic rings. The summed E-state index contributed by atoms with van der Waals surface area (Å²) in [6.45, 7) is 4.04. The summed E-state index contributed by atoms with van der Waals surface area (Å²) < 4.78 is 12.1. The fourth-order valence-electron chi connectivity index (χ4n) is 2.67. The van der Waals surface area contributed by atoms with Gasteiger partial charge in [0.25, 0.3) is 0 Å². The van der Waals surface area contributed by atoms with Gasteiger partial charge in [-0.15, -0.1) is 0 Å². The third kappa shape index (κ3) is 4.44. The number of hydrogen-bond acceptors (Lipinski definition) is 2. The maximum Gasteiger partial charge on any atom is 0.232 e. The molecule has 1 saturated carbocycles. The smallest absolute Gasteiger partial charge is 0.232 e. The number of aryl methyl sites for hydroxylation is 2. The fraction of sp³-hybridized carbons (Fsp3) is 0.562. The van der Waals surface area contributed by atoms with Gasteiger partial charge in [0.15, 0.2) is 0 Å². The molecule has 2 rings (SSSR count). The second-order valence-electron chi connectivity index (χ2n) is 5.71. The van der Waals surface area contributed by atoms with Crippen molar-refractivity contribution in [3.63, 3.8) is 0 Å². The summed E-state index contributed by atoms with van der Waals surface area (Å²) in [5.41, 5.74) is 3.38. The van der Waals surface area contributed by atoms with Crippen LogP contribution in [0.1, 0.15) is 42.4 Å². The number of nitrogens with one attached hydrogen (secondary N) is 1. The second-order valence-corrected chi connectivity index (χ2v) is 7.16. The highest BCUT2D eigenvalue weighted by atomic mass is 32.2. The average molecular weight is 293 g/mol. The lowest BCUT2D eigenvalue weighted by Crippen LogP contribution is -2.35. The van der Waals surface area contributed by atoms with Crippen molar-refractivity contribution < 1.29 is 9.00 Å². The van der Waals surface area contributed by atoms with Crippen LogP contribution in [0.25, 0.3) is 0 Å². The minimum absolute atomic E-state index is 0.0689. The molecule has 20 heavy (non-hydrogen) atoms. The summed E-state index contributed by atoms with van der Waals surface area (Å²) in [7, 11) is -1.13. The minimum Gasteiger partial charge on any atom is -0.353 e. The van der Waals surface area contributed by atoms with Crippen LogP contribution in [0.3, 0.4) is 0 Å². The SMILES string of the molecule is Cc1ccc(C)c(CS(=O)CC(=O)NC2CCCC2)c1. The number of carbonyl (C=O) groups is 1. The first-order valence-corrected chi connectivity index (χ1v) is 8.74. The van der Waals surface area contributed by atoms with Crippen LogP contribution in [0.5, 0.6) is 0 Å². The van der Waals surface area contributed by atoms with E-state index in [9.17, 15) is 9.00 Å². The van der Waals surface area contributed by atoms with Gasteiger partial charge in [-0.1, -0.05) is 36.6 Å². The predicted molar refractivity (Wildman–Crippen MR) is 83.0 cm³/mol. The van der Waals surface area contributed by atoms with Gasteiger partial charge in [0.05, 0.1) is 0 Å². The zero-order chi connectivity index (χ0) is 14.5. The van der Waals surface area contributed by atoms with Crippen LogP contribution >= 0.6 is 0 Å². The van der Waals surface area contributed by atoms with Crippen molar-refractivity contribution in [2.24, 2.45) is 0 Å². The Labute approximate surface area is 123 Å². The zero-order valence-corrected chi connectivity index (χ0v) is 13.1. The molecule has 0 radical (unpaired) electrons. The van der Waals surface area contributed by atoms with Crippen LogP contribution in [-0.2, 0) is 21.3 Å². The van der Waals surface area contributed by atoms with Crippen molar-refractivity contribution in [2.45, 2.75) is 51.3 Å². The molecule has 1 aromatic rings. The number of carbonyl (C=O) groups excluding carboxylic acids is 1. The van der Waals surface area contributed by atoms with Crippen molar-refractivity contribution in [1.29, 1.82) is 0 Å². The van der Waals surface area contributed by atoms with Crippen molar-refractivity contribution in [3.05, 3.63) is 34.9 Å². The molecule has 1 fully saturated rings.